The van der Waals surface area contributed by atoms with Crippen molar-refractivity contribution in [3.63, 3.8) is 0 Å². The molecule has 7 heteroatoms. The fourth-order valence-corrected chi connectivity index (χ4v) is 1.98. The largest absolute Gasteiger partial charge is 0.370 e. The lowest BCUT2D eigenvalue weighted by Crippen LogP contribution is -2.31. The second-order valence-corrected chi connectivity index (χ2v) is 5.58. The molecule has 21 heavy (non-hydrogen) atoms. The van der Waals surface area contributed by atoms with E-state index in [0.717, 1.165) is 10.0 Å². The molecule has 0 fully saturated rings. The topological polar surface area (TPSA) is 61.9 Å². The van der Waals surface area contributed by atoms with Crippen LogP contribution in [0.1, 0.15) is 12.0 Å². The zero-order valence-electron chi connectivity index (χ0n) is 12.5. The molecule has 0 aliphatic heterocycles. The summed E-state index contributed by atoms with van der Waals surface area (Å²) < 4.78 is 1.01. The van der Waals surface area contributed by atoms with Crippen molar-refractivity contribution in [2.45, 2.75) is 13.0 Å². The third-order valence-corrected chi connectivity index (χ3v) is 3.62. The predicted octanol–water partition coefficient (Wildman–Crippen LogP) is 2.29. The molecule has 5 nitrogen and oxygen atoms in total. The highest BCUT2D eigenvalue weighted by atomic mass is 127. The fourth-order valence-electron chi connectivity index (χ4n) is 1.57. The normalized spacial score (nSPS) is 10.8. The van der Waals surface area contributed by atoms with Crippen LogP contribution in [-0.4, -0.2) is 49.4 Å². The van der Waals surface area contributed by atoms with Crippen molar-refractivity contribution in [1.29, 1.82) is 0 Å². The molecule has 0 atom stereocenters. The first kappa shape index (κ1) is 20.2. The molecule has 1 aromatic carbocycles. The number of hydrogen-bond donors (Lipinski definition) is 1. The molecule has 1 amide bonds. The van der Waals surface area contributed by atoms with E-state index >= 15 is 0 Å². The van der Waals surface area contributed by atoms with Crippen LogP contribution in [0, 0.1) is 0 Å². The van der Waals surface area contributed by atoms with Gasteiger partial charge in [-0.15, -0.1) is 24.0 Å². The van der Waals surface area contributed by atoms with Crippen molar-refractivity contribution in [2.75, 3.05) is 27.7 Å². The molecule has 0 spiro atoms. The number of carbonyl (C=O) groups excluding carboxylic acids is 1. The number of aliphatic imine (C=N–C) groups is 1. The Morgan fingerprint density at radius 3 is 2.48 bits per heavy atom. The summed E-state index contributed by atoms with van der Waals surface area (Å²) in [6.45, 7) is 0.982. The number of halogens is 2. The van der Waals surface area contributed by atoms with Crippen molar-refractivity contribution in [3.8, 4) is 0 Å². The molecule has 1 rings (SSSR count). The van der Waals surface area contributed by atoms with Crippen LogP contribution in [0.25, 0.3) is 0 Å². The number of nitrogens with two attached hydrogens (primary N) is 1. The summed E-state index contributed by atoms with van der Waals surface area (Å²) in [5.74, 6) is 0.488. The van der Waals surface area contributed by atoms with Crippen LogP contribution in [0.15, 0.2) is 33.7 Å². The van der Waals surface area contributed by atoms with Gasteiger partial charge in [0.15, 0.2) is 5.96 Å². The summed E-state index contributed by atoms with van der Waals surface area (Å²) in [6.07, 6.45) is 0.357. The summed E-state index contributed by atoms with van der Waals surface area (Å²) in [7, 11) is 5.43. The Balaban J connectivity index is 0.00000400. The van der Waals surface area contributed by atoms with E-state index in [2.05, 4.69) is 20.9 Å². The van der Waals surface area contributed by atoms with E-state index in [1.165, 1.54) is 0 Å². The molecule has 0 saturated carbocycles. The second-order valence-electron chi connectivity index (χ2n) is 4.73. The van der Waals surface area contributed by atoms with Crippen LogP contribution in [0.4, 0.5) is 0 Å². The van der Waals surface area contributed by atoms with Crippen molar-refractivity contribution < 1.29 is 4.79 Å². The Morgan fingerprint density at radius 1 is 1.29 bits per heavy atom. The van der Waals surface area contributed by atoms with E-state index in [1.807, 2.05) is 38.4 Å². The third-order valence-electron chi connectivity index (χ3n) is 2.85. The van der Waals surface area contributed by atoms with E-state index in [-0.39, 0.29) is 29.9 Å². The van der Waals surface area contributed by atoms with Gasteiger partial charge in [0, 0.05) is 38.6 Å². The van der Waals surface area contributed by atoms with Gasteiger partial charge in [0.05, 0.1) is 6.54 Å². The van der Waals surface area contributed by atoms with Crippen LogP contribution in [0.2, 0.25) is 0 Å². The maximum atomic E-state index is 12.0. The first-order valence-corrected chi connectivity index (χ1v) is 7.15. The molecule has 0 aliphatic carbocycles. The maximum Gasteiger partial charge on any atom is 0.224 e. The zero-order valence-corrected chi connectivity index (χ0v) is 16.5. The van der Waals surface area contributed by atoms with Gasteiger partial charge in [0.1, 0.15) is 0 Å². The van der Waals surface area contributed by atoms with Crippen molar-refractivity contribution >= 4 is 51.8 Å². The van der Waals surface area contributed by atoms with Crippen LogP contribution >= 0.6 is 39.9 Å². The number of hydrogen-bond acceptors (Lipinski definition) is 2. The Hall–Kier alpha value is -0.830. The molecule has 0 radical (unpaired) electrons. The van der Waals surface area contributed by atoms with E-state index in [9.17, 15) is 4.79 Å². The lowest BCUT2D eigenvalue weighted by Gasteiger charge is -2.18. The maximum absolute atomic E-state index is 12.0. The number of rotatable bonds is 5. The van der Waals surface area contributed by atoms with Crippen LogP contribution in [0.5, 0.6) is 0 Å². The van der Waals surface area contributed by atoms with Gasteiger partial charge >= 0.3 is 0 Å². The molecular weight excluding hydrogens is 447 g/mol. The van der Waals surface area contributed by atoms with E-state index in [0.29, 0.717) is 25.5 Å². The van der Waals surface area contributed by atoms with Gasteiger partial charge in [0.2, 0.25) is 5.91 Å². The zero-order chi connectivity index (χ0) is 15.1. The van der Waals surface area contributed by atoms with E-state index < -0.39 is 0 Å². The minimum absolute atomic E-state index is 0. The van der Waals surface area contributed by atoms with Gasteiger partial charge in [-0.3, -0.25) is 9.79 Å². The quantitative estimate of drug-likeness (QED) is 0.409. The van der Waals surface area contributed by atoms with Gasteiger partial charge in [-0.2, -0.15) is 0 Å². The Bertz CT molecular complexity index is 494. The average molecular weight is 469 g/mol. The summed E-state index contributed by atoms with van der Waals surface area (Å²) >= 11 is 3.48. The van der Waals surface area contributed by atoms with Gasteiger partial charge in [-0.1, -0.05) is 34.1 Å². The van der Waals surface area contributed by atoms with Gasteiger partial charge in [0.25, 0.3) is 0 Å². The standard InChI is InChI=1S/C14H21BrN4O.HI/c1-18(2)14(16)17-9-8-13(20)19(3)10-11-6-4-5-7-12(11)15;/h4-7H,8-10H2,1-3H3,(H2,16,17);1H. The van der Waals surface area contributed by atoms with Crippen molar-refractivity contribution in [1.82, 2.24) is 9.80 Å². The monoisotopic (exact) mass is 468 g/mol. The molecular formula is C14H22BrIN4O. The molecule has 118 valence electrons. The molecule has 1 aromatic rings. The van der Waals surface area contributed by atoms with Crippen molar-refractivity contribution in [3.05, 3.63) is 34.3 Å². The molecule has 0 unspecified atom stereocenters. The molecule has 0 heterocycles. The predicted molar refractivity (Wildman–Crippen MR) is 101 cm³/mol. The summed E-state index contributed by atoms with van der Waals surface area (Å²) in [5, 5.41) is 0. The molecule has 0 aromatic heterocycles. The Kier molecular flexibility index (Phi) is 9.60. The second kappa shape index (κ2) is 9.99. The van der Waals surface area contributed by atoms with Crippen molar-refractivity contribution in [2.24, 2.45) is 10.7 Å². The molecule has 0 saturated heterocycles. The van der Waals surface area contributed by atoms with E-state index in [1.54, 1.807) is 16.8 Å². The van der Waals surface area contributed by atoms with Gasteiger partial charge in [-0.05, 0) is 11.6 Å². The van der Waals surface area contributed by atoms with Crippen LogP contribution in [-0.2, 0) is 11.3 Å². The summed E-state index contributed by atoms with van der Waals surface area (Å²) in [6, 6.07) is 7.88. The smallest absolute Gasteiger partial charge is 0.224 e. The summed E-state index contributed by atoms with van der Waals surface area (Å²) in [4.78, 5) is 19.5. The van der Waals surface area contributed by atoms with Crippen LogP contribution < -0.4 is 5.73 Å². The number of amides is 1. The highest BCUT2D eigenvalue weighted by Crippen LogP contribution is 2.17. The average Bonchev–Trinajstić information content (AvgIpc) is 2.40. The summed E-state index contributed by atoms with van der Waals surface area (Å²) in [5.41, 5.74) is 6.75. The molecule has 0 aliphatic rings. The SMILES string of the molecule is CN(C)C(N)=NCCC(=O)N(C)Cc1ccccc1Br.I. The Labute approximate surface area is 151 Å². The minimum Gasteiger partial charge on any atom is -0.370 e. The first-order valence-electron chi connectivity index (χ1n) is 6.36. The van der Waals surface area contributed by atoms with Gasteiger partial charge in [-0.25, -0.2) is 0 Å². The van der Waals surface area contributed by atoms with Crippen LogP contribution in [0.3, 0.4) is 0 Å². The highest BCUT2D eigenvalue weighted by Gasteiger charge is 2.10. The highest BCUT2D eigenvalue weighted by molar-refractivity contribution is 14.0. The van der Waals surface area contributed by atoms with E-state index in [4.69, 9.17) is 5.73 Å². The first-order chi connectivity index (χ1) is 9.41. The lowest BCUT2D eigenvalue weighted by atomic mass is 10.2. The van der Waals surface area contributed by atoms with Gasteiger partial charge < -0.3 is 15.5 Å². The number of benzene rings is 1. The Morgan fingerprint density at radius 2 is 1.90 bits per heavy atom. The lowest BCUT2D eigenvalue weighted by molar-refractivity contribution is -0.130. The minimum atomic E-state index is 0. The molecule has 2 N–H and O–H groups in total. The molecule has 0 bridgehead atoms. The number of nitrogens with zero attached hydrogens (tertiary/aromatic N) is 3. The fraction of sp³-hybridized carbons (Fsp3) is 0.429. The third kappa shape index (κ3) is 7.12. The number of carbonyl (C=O) groups is 1. The number of guanidine groups is 1.